The second kappa shape index (κ2) is 8.18. The van der Waals surface area contributed by atoms with Gasteiger partial charge in [0.25, 0.3) is 0 Å². The Hall–Kier alpha value is -1.19. The topological polar surface area (TPSA) is 24.9 Å². The highest BCUT2D eigenvalue weighted by Gasteiger charge is 2.11. The van der Waals surface area contributed by atoms with E-state index in [-0.39, 0.29) is 0 Å². The highest BCUT2D eigenvalue weighted by atomic mass is 79.9. The lowest BCUT2D eigenvalue weighted by atomic mass is 10.00. The van der Waals surface area contributed by atoms with Crippen molar-refractivity contribution >= 4 is 15.9 Å². The van der Waals surface area contributed by atoms with E-state index in [0.29, 0.717) is 6.04 Å². The molecule has 2 aromatic rings. The Morgan fingerprint density at radius 1 is 1.15 bits per heavy atom. The summed E-state index contributed by atoms with van der Waals surface area (Å²) in [6, 6.07) is 13.0. The van der Waals surface area contributed by atoms with Gasteiger partial charge >= 0.3 is 0 Å². The fourth-order valence-electron chi connectivity index (χ4n) is 2.30. The van der Waals surface area contributed by atoms with Crippen LogP contribution in [0.25, 0.3) is 0 Å². The fraction of sp³-hybridized carbons (Fsp3) is 0.353. The molecule has 2 rings (SSSR count). The molecule has 1 atom stereocenters. The van der Waals surface area contributed by atoms with Crippen molar-refractivity contribution in [2.45, 2.75) is 32.2 Å². The van der Waals surface area contributed by atoms with Gasteiger partial charge in [0.15, 0.2) is 0 Å². The lowest BCUT2D eigenvalue weighted by Crippen LogP contribution is -2.34. The number of aromatic nitrogens is 1. The summed E-state index contributed by atoms with van der Waals surface area (Å²) < 4.78 is 1.19. The van der Waals surface area contributed by atoms with E-state index in [1.165, 1.54) is 15.6 Å². The average molecular weight is 333 g/mol. The molecule has 0 aliphatic carbocycles. The standard InChI is InChI=1S/C17H21BrN2/c1-2-9-20-16(11-14-6-5-10-19-13-14)12-15-7-3-4-8-17(15)18/h3-8,10,13,16,20H,2,9,11-12H2,1H3. The van der Waals surface area contributed by atoms with Crippen molar-refractivity contribution in [2.24, 2.45) is 0 Å². The molecule has 0 bridgehead atoms. The summed E-state index contributed by atoms with van der Waals surface area (Å²) in [6.07, 6.45) is 6.97. The van der Waals surface area contributed by atoms with E-state index in [1.54, 1.807) is 0 Å². The summed E-state index contributed by atoms with van der Waals surface area (Å²) in [5.41, 5.74) is 2.64. The maximum absolute atomic E-state index is 4.21. The molecule has 1 aromatic carbocycles. The van der Waals surface area contributed by atoms with Crippen LogP contribution in [-0.2, 0) is 12.8 Å². The van der Waals surface area contributed by atoms with Crippen molar-refractivity contribution in [3.05, 3.63) is 64.4 Å². The van der Waals surface area contributed by atoms with Crippen LogP contribution >= 0.6 is 15.9 Å². The first-order valence-electron chi connectivity index (χ1n) is 7.15. The van der Waals surface area contributed by atoms with Gasteiger partial charge in [-0.1, -0.05) is 47.1 Å². The fourth-order valence-corrected chi connectivity index (χ4v) is 2.74. The number of rotatable bonds is 7. The largest absolute Gasteiger partial charge is 0.313 e. The molecule has 2 nitrogen and oxygen atoms in total. The van der Waals surface area contributed by atoms with E-state index >= 15 is 0 Å². The molecule has 0 fully saturated rings. The minimum absolute atomic E-state index is 0.442. The first-order chi connectivity index (χ1) is 9.79. The van der Waals surface area contributed by atoms with Gasteiger partial charge in [-0.05, 0) is 49.1 Å². The van der Waals surface area contributed by atoms with Crippen LogP contribution in [0.3, 0.4) is 0 Å². The van der Waals surface area contributed by atoms with Crippen LogP contribution in [0.1, 0.15) is 24.5 Å². The van der Waals surface area contributed by atoms with E-state index in [1.807, 2.05) is 18.5 Å². The Labute approximate surface area is 129 Å². The molecule has 1 heterocycles. The smallest absolute Gasteiger partial charge is 0.0300 e. The first kappa shape index (κ1) is 15.2. The van der Waals surface area contributed by atoms with Gasteiger partial charge in [0.05, 0.1) is 0 Å². The van der Waals surface area contributed by atoms with Gasteiger partial charge in [-0.15, -0.1) is 0 Å². The molecule has 3 heteroatoms. The Bertz CT molecular complexity index is 513. The minimum Gasteiger partial charge on any atom is -0.313 e. The van der Waals surface area contributed by atoms with Crippen LogP contribution < -0.4 is 5.32 Å². The number of benzene rings is 1. The predicted octanol–water partition coefficient (Wildman–Crippen LogP) is 4.00. The van der Waals surface area contributed by atoms with E-state index in [0.717, 1.165) is 25.8 Å². The van der Waals surface area contributed by atoms with Crippen molar-refractivity contribution in [1.82, 2.24) is 10.3 Å². The monoisotopic (exact) mass is 332 g/mol. The van der Waals surface area contributed by atoms with Crippen molar-refractivity contribution in [3.63, 3.8) is 0 Å². The summed E-state index contributed by atoms with van der Waals surface area (Å²) in [5, 5.41) is 3.64. The Morgan fingerprint density at radius 3 is 2.70 bits per heavy atom. The number of halogens is 1. The summed E-state index contributed by atoms with van der Waals surface area (Å²) in [7, 11) is 0. The quantitative estimate of drug-likeness (QED) is 0.828. The van der Waals surface area contributed by atoms with E-state index in [2.05, 4.69) is 63.5 Å². The molecule has 1 aromatic heterocycles. The molecule has 0 saturated carbocycles. The second-order valence-electron chi connectivity index (χ2n) is 5.01. The van der Waals surface area contributed by atoms with Crippen LogP contribution in [-0.4, -0.2) is 17.6 Å². The van der Waals surface area contributed by atoms with Gasteiger partial charge in [-0.25, -0.2) is 0 Å². The lowest BCUT2D eigenvalue weighted by Gasteiger charge is -2.19. The molecule has 0 saturated heterocycles. The lowest BCUT2D eigenvalue weighted by molar-refractivity contribution is 0.503. The Balaban J connectivity index is 2.05. The molecule has 106 valence electrons. The molecule has 0 aliphatic heterocycles. The third-order valence-electron chi connectivity index (χ3n) is 3.31. The summed E-state index contributed by atoms with van der Waals surface area (Å²) in [6.45, 7) is 3.25. The Kier molecular flexibility index (Phi) is 6.22. The van der Waals surface area contributed by atoms with Gasteiger partial charge in [-0.3, -0.25) is 4.98 Å². The number of nitrogens with one attached hydrogen (secondary N) is 1. The molecular formula is C17H21BrN2. The summed E-state index contributed by atoms with van der Waals surface area (Å²) in [4.78, 5) is 4.21. The van der Waals surface area contributed by atoms with Gasteiger partial charge in [0, 0.05) is 22.9 Å². The van der Waals surface area contributed by atoms with E-state index in [9.17, 15) is 0 Å². The number of pyridine rings is 1. The van der Waals surface area contributed by atoms with Crippen LogP contribution in [0, 0.1) is 0 Å². The van der Waals surface area contributed by atoms with Crippen molar-refractivity contribution in [3.8, 4) is 0 Å². The predicted molar refractivity (Wildman–Crippen MR) is 87.9 cm³/mol. The molecule has 0 radical (unpaired) electrons. The van der Waals surface area contributed by atoms with E-state index in [4.69, 9.17) is 0 Å². The normalized spacial score (nSPS) is 12.3. The average Bonchev–Trinajstić information content (AvgIpc) is 2.48. The Morgan fingerprint density at radius 2 is 2.00 bits per heavy atom. The zero-order chi connectivity index (χ0) is 14.2. The third kappa shape index (κ3) is 4.73. The second-order valence-corrected chi connectivity index (χ2v) is 5.87. The van der Waals surface area contributed by atoms with Gasteiger partial charge in [0.1, 0.15) is 0 Å². The van der Waals surface area contributed by atoms with Crippen molar-refractivity contribution in [2.75, 3.05) is 6.54 Å². The molecule has 20 heavy (non-hydrogen) atoms. The molecule has 1 N–H and O–H groups in total. The van der Waals surface area contributed by atoms with Gasteiger partial charge < -0.3 is 5.32 Å². The maximum Gasteiger partial charge on any atom is 0.0300 e. The highest BCUT2D eigenvalue weighted by Crippen LogP contribution is 2.18. The highest BCUT2D eigenvalue weighted by molar-refractivity contribution is 9.10. The van der Waals surface area contributed by atoms with Crippen LogP contribution in [0.4, 0.5) is 0 Å². The number of hydrogen-bond acceptors (Lipinski definition) is 2. The minimum atomic E-state index is 0.442. The zero-order valence-corrected chi connectivity index (χ0v) is 13.4. The third-order valence-corrected chi connectivity index (χ3v) is 4.09. The van der Waals surface area contributed by atoms with Crippen molar-refractivity contribution in [1.29, 1.82) is 0 Å². The maximum atomic E-state index is 4.21. The first-order valence-corrected chi connectivity index (χ1v) is 7.94. The van der Waals surface area contributed by atoms with Crippen molar-refractivity contribution < 1.29 is 0 Å². The molecule has 0 spiro atoms. The molecular weight excluding hydrogens is 312 g/mol. The van der Waals surface area contributed by atoms with Crippen LogP contribution in [0.15, 0.2) is 53.3 Å². The van der Waals surface area contributed by atoms with E-state index < -0.39 is 0 Å². The number of hydrogen-bond donors (Lipinski definition) is 1. The summed E-state index contributed by atoms with van der Waals surface area (Å²) >= 11 is 3.64. The number of nitrogens with zero attached hydrogens (tertiary/aromatic N) is 1. The summed E-state index contributed by atoms with van der Waals surface area (Å²) in [5.74, 6) is 0. The van der Waals surface area contributed by atoms with Crippen LogP contribution in [0.2, 0.25) is 0 Å². The van der Waals surface area contributed by atoms with Gasteiger partial charge in [-0.2, -0.15) is 0 Å². The molecule has 0 amide bonds. The van der Waals surface area contributed by atoms with Crippen LogP contribution in [0.5, 0.6) is 0 Å². The molecule has 0 aliphatic rings. The molecule has 1 unspecified atom stereocenters. The zero-order valence-electron chi connectivity index (χ0n) is 11.8. The van der Waals surface area contributed by atoms with Gasteiger partial charge in [0.2, 0.25) is 0 Å². The SMILES string of the molecule is CCCNC(Cc1cccnc1)Cc1ccccc1Br.